The maximum atomic E-state index is 12.6. The van der Waals surface area contributed by atoms with Crippen LogP contribution < -0.4 is 0 Å². The first-order valence-corrected chi connectivity index (χ1v) is 4.31. The Morgan fingerprint density at radius 3 is 2.62 bits per heavy atom. The molecule has 7 heteroatoms. The number of halogens is 3. The van der Waals surface area contributed by atoms with Gasteiger partial charge in [0, 0.05) is 6.20 Å². The molecule has 0 aromatic carbocycles. The number of aromatic nitrogens is 3. The first-order valence-electron chi connectivity index (χ1n) is 4.31. The van der Waals surface area contributed by atoms with Crippen molar-refractivity contribution in [3.63, 3.8) is 0 Å². The van der Waals surface area contributed by atoms with E-state index in [4.69, 9.17) is 0 Å². The van der Waals surface area contributed by atoms with Gasteiger partial charge in [0.25, 0.3) is 5.89 Å². The third-order valence-corrected chi connectivity index (χ3v) is 1.84. The molecule has 0 radical (unpaired) electrons. The molecule has 0 spiro atoms. The van der Waals surface area contributed by atoms with Crippen LogP contribution >= 0.6 is 0 Å². The molecule has 0 unspecified atom stereocenters. The van der Waals surface area contributed by atoms with Crippen molar-refractivity contribution in [3.8, 4) is 11.6 Å². The summed E-state index contributed by atoms with van der Waals surface area (Å²) in [6.45, 7) is 1.52. The molecule has 0 saturated heterocycles. The van der Waals surface area contributed by atoms with Crippen molar-refractivity contribution >= 4 is 0 Å². The summed E-state index contributed by atoms with van der Waals surface area (Å²) in [5.74, 6) is 0.0270. The Morgan fingerprint density at radius 2 is 2.06 bits per heavy atom. The predicted octanol–water partition coefficient (Wildman–Crippen LogP) is 2.46. The van der Waals surface area contributed by atoms with Gasteiger partial charge in [-0.2, -0.15) is 18.2 Å². The molecule has 0 amide bonds. The predicted molar refractivity (Wildman–Crippen MR) is 47.3 cm³/mol. The number of hydrogen-bond donors (Lipinski definition) is 0. The zero-order chi connectivity index (χ0) is 11.8. The van der Waals surface area contributed by atoms with Gasteiger partial charge in [-0.25, -0.2) is 0 Å². The largest absolute Gasteiger partial charge is 0.418 e. The van der Waals surface area contributed by atoms with E-state index in [1.807, 2.05) is 0 Å². The molecule has 0 atom stereocenters. The molecule has 0 aliphatic carbocycles. The minimum atomic E-state index is -4.49. The van der Waals surface area contributed by atoms with E-state index in [-0.39, 0.29) is 17.4 Å². The number of rotatable bonds is 1. The molecule has 2 aromatic heterocycles. The highest BCUT2D eigenvalue weighted by Gasteiger charge is 2.35. The summed E-state index contributed by atoms with van der Waals surface area (Å²) in [7, 11) is 0. The van der Waals surface area contributed by atoms with Crippen LogP contribution in [0.4, 0.5) is 13.2 Å². The van der Waals surface area contributed by atoms with Gasteiger partial charge in [-0.15, -0.1) is 0 Å². The molecular weight excluding hydrogens is 223 g/mol. The molecular formula is C9H6F3N3O. The molecule has 84 valence electrons. The van der Waals surface area contributed by atoms with Crippen molar-refractivity contribution in [2.45, 2.75) is 13.1 Å². The van der Waals surface area contributed by atoms with Crippen LogP contribution in [0.1, 0.15) is 11.4 Å². The molecule has 2 aromatic rings. The third-order valence-electron chi connectivity index (χ3n) is 1.84. The van der Waals surface area contributed by atoms with E-state index in [9.17, 15) is 13.2 Å². The van der Waals surface area contributed by atoms with E-state index in [1.54, 1.807) is 0 Å². The van der Waals surface area contributed by atoms with Crippen LogP contribution in [0.2, 0.25) is 0 Å². The Balaban J connectivity index is 2.57. The average Bonchev–Trinajstić information content (AvgIpc) is 2.64. The number of aryl methyl sites for hydroxylation is 1. The molecule has 0 bridgehead atoms. The second kappa shape index (κ2) is 3.58. The standard InChI is InChI=1S/C9H6F3N3O/c1-5-14-8(16-15-5)7-6(9(10,11)12)3-2-4-13-7/h2-4H,1H3. The van der Waals surface area contributed by atoms with Gasteiger partial charge in [0.15, 0.2) is 5.82 Å². The number of nitrogens with zero attached hydrogens (tertiary/aromatic N) is 3. The smallest absolute Gasteiger partial charge is 0.332 e. The lowest BCUT2D eigenvalue weighted by atomic mass is 10.2. The number of pyridine rings is 1. The van der Waals surface area contributed by atoms with E-state index in [0.29, 0.717) is 0 Å². The van der Waals surface area contributed by atoms with Gasteiger partial charge in [0.1, 0.15) is 5.69 Å². The van der Waals surface area contributed by atoms with E-state index in [2.05, 4.69) is 19.6 Å². The minimum absolute atomic E-state index is 0.231. The molecule has 2 rings (SSSR count). The summed E-state index contributed by atoms with van der Waals surface area (Å²) in [6, 6.07) is 2.12. The van der Waals surface area contributed by atoms with Gasteiger partial charge in [0.05, 0.1) is 5.56 Å². The van der Waals surface area contributed by atoms with Gasteiger partial charge in [-0.1, -0.05) is 5.16 Å². The summed E-state index contributed by atoms with van der Waals surface area (Å²) in [4.78, 5) is 7.33. The van der Waals surface area contributed by atoms with Gasteiger partial charge >= 0.3 is 6.18 Å². The Labute approximate surface area is 88.1 Å². The lowest BCUT2D eigenvalue weighted by Crippen LogP contribution is -2.08. The molecule has 0 N–H and O–H groups in total. The van der Waals surface area contributed by atoms with Crippen LogP contribution in [0.3, 0.4) is 0 Å². The summed E-state index contributed by atoms with van der Waals surface area (Å²) in [5, 5.41) is 3.42. The van der Waals surface area contributed by atoms with Crippen LogP contribution in [0.5, 0.6) is 0 Å². The molecule has 4 nitrogen and oxygen atoms in total. The van der Waals surface area contributed by atoms with Crippen molar-refractivity contribution in [3.05, 3.63) is 29.7 Å². The quantitative estimate of drug-likeness (QED) is 0.753. The third kappa shape index (κ3) is 1.88. The van der Waals surface area contributed by atoms with Crippen molar-refractivity contribution in [1.29, 1.82) is 0 Å². The number of alkyl halides is 3. The fourth-order valence-corrected chi connectivity index (χ4v) is 1.20. The van der Waals surface area contributed by atoms with E-state index in [0.717, 1.165) is 6.07 Å². The summed E-state index contributed by atoms with van der Waals surface area (Å²) in [5.41, 5.74) is -1.24. The lowest BCUT2D eigenvalue weighted by molar-refractivity contribution is -0.137. The molecule has 0 fully saturated rings. The molecule has 0 aliphatic heterocycles. The topological polar surface area (TPSA) is 51.8 Å². The Morgan fingerprint density at radius 1 is 1.31 bits per heavy atom. The van der Waals surface area contributed by atoms with Crippen molar-refractivity contribution in [1.82, 2.24) is 15.1 Å². The molecule has 0 saturated carbocycles. The molecule has 0 aliphatic rings. The van der Waals surface area contributed by atoms with Crippen LogP contribution in [0, 0.1) is 6.92 Å². The summed E-state index contributed by atoms with van der Waals surface area (Å²) in [6.07, 6.45) is -3.25. The second-order valence-corrected chi connectivity index (χ2v) is 3.04. The molecule has 2 heterocycles. The van der Waals surface area contributed by atoms with Crippen molar-refractivity contribution in [2.24, 2.45) is 0 Å². The van der Waals surface area contributed by atoms with Crippen LogP contribution in [0.15, 0.2) is 22.9 Å². The highest BCUT2D eigenvalue weighted by Crippen LogP contribution is 2.34. The lowest BCUT2D eigenvalue weighted by Gasteiger charge is -2.08. The van der Waals surface area contributed by atoms with Crippen LogP contribution in [0.25, 0.3) is 11.6 Å². The van der Waals surface area contributed by atoms with E-state index < -0.39 is 11.7 Å². The zero-order valence-electron chi connectivity index (χ0n) is 8.12. The first kappa shape index (κ1) is 10.6. The SMILES string of the molecule is Cc1noc(-c2ncccc2C(F)(F)F)n1. The van der Waals surface area contributed by atoms with Crippen LogP contribution in [-0.2, 0) is 6.18 Å². The van der Waals surface area contributed by atoms with Crippen molar-refractivity contribution < 1.29 is 17.7 Å². The monoisotopic (exact) mass is 229 g/mol. The maximum Gasteiger partial charge on any atom is 0.418 e. The zero-order valence-corrected chi connectivity index (χ0v) is 8.12. The highest BCUT2D eigenvalue weighted by atomic mass is 19.4. The number of hydrogen-bond acceptors (Lipinski definition) is 4. The highest BCUT2D eigenvalue weighted by molar-refractivity contribution is 5.53. The Kier molecular flexibility index (Phi) is 2.37. The minimum Gasteiger partial charge on any atom is -0.332 e. The Bertz CT molecular complexity index is 507. The van der Waals surface area contributed by atoms with Crippen molar-refractivity contribution in [2.75, 3.05) is 0 Å². The average molecular weight is 229 g/mol. The van der Waals surface area contributed by atoms with Gasteiger partial charge in [-0.3, -0.25) is 4.98 Å². The van der Waals surface area contributed by atoms with Gasteiger partial charge in [0.2, 0.25) is 0 Å². The fourth-order valence-electron chi connectivity index (χ4n) is 1.20. The van der Waals surface area contributed by atoms with Gasteiger partial charge < -0.3 is 4.52 Å². The fraction of sp³-hybridized carbons (Fsp3) is 0.222. The van der Waals surface area contributed by atoms with E-state index in [1.165, 1.54) is 19.2 Å². The summed E-state index contributed by atoms with van der Waals surface area (Å²) < 4.78 is 42.5. The summed E-state index contributed by atoms with van der Waals surface area (Å²) >= 11 is 0. The van der Waals surface area contributed by atoms with Gasteiger partial charge in [-0.05, 0) is 19.1 Å². The maximum absolute atomic E-state index is 12.6. The Hall–Kier alpha value is -1.92. The first-order chi connectivity index (χ1) is 7.48. The molecule has 16 heavy (non-hydrogen) atoms. The van der Waals surface area contributed by atoms with Crippen LogP contribution in [-0.4, -0.2) is 15.1 Å². The van der Waals surface area contributed by atoms with E-state index >= 15 is 0 Å². The second-order valence-electron chi connectivity index (χ2n) is 3.04. The normalized spacial score (nSPS) is 11.8.